The zero-order chi connectivity index (χ0) is 15.2. The number of rotatable bonds is 5. The summed E-state index contributed by atoms with van der Waals surface area (Å²) in [6.07, 6.45) is 1.09. The van der Waals surface area contributed by atoms with Gasteiger partial charge in [-0.3, -0.25) is 4.79 Å². The molecule has 2 rings (SSSR count). The molecule has 5 nitrogen and oxygen atoms in total. The van der Waals surface area contributed by atoms with E-state index in [0.717, 1.165) is 10.0 Å². The number of benzene rings is 1. The van der Waals surface area contributed by atoms with Gasteiger partial charge in [-0.1, -0.05) is 28.1 Å². The van der Waals surface area contributed by atoms with Crippen molar-refractivity contribution in [2.75, 3.05) is 20.3 Å². The molecule has 1 aromatic carbocycles. The average Bonchev–Trinajstić information content (AvgIpc) is 3.02. The fourth-order valence-corrected chi connectivity index (χ4v) is 2.49. The summed E-state index contributed by atoms with van der Waals surface area (Å²) in [5.41, 5.74) is 0.955. The highest BCUT2D eigenvalue weighted by Crippen LogP contribution is 2.15. The first-order chi connectivity index (χ1) is 10.1. The fourth-order valence-electron chi connectivity index (χ4n) is 2.22. The zero-order valence-electron chi connectivity index (χ0n) is 11.8. The SMILES string of the molecule is COC(=O)[C@@H](Cc1ccc(Br)cc1)NC(=O)[C@@H]1CCOC1. The number of nitrogens with one attached hydrogen (secondary N) is 1. The lowest BCUT2D eigenvalue weighted by atomic mass is 10.0. The molecule has 0 unspecified atom stereocenters. The van der Waals surface area contributed by atoms with Crippen LogP contribution in [-0.4, -0.2) is 38.2 Å². The number of esters is 1. The van der Waals surface area contributed by atoms with Crippen molar-refractivity contribution in [2.24, 2.45) is 5.92 Å². The number of amides is 1. The van der Waals surface area contributed by atoms with Gasteiger partial charge < -0.3 is 14.8 Å². The molecule has 2 atom stereocenters. The van der Waals surface area contributed by atoms with Crippen LogP contribution in [0.15, 0.2) is 28.7 Å². The van der Waals surface area contributed by atoms with Gasteiger partial charge in [0.15, 0.2) is 0 Å². The molecule has 1 aromatic rings. The van der Waals surface area contributed by atoms with Crippen LogP contribution in [0.25, 0.3) is 0 Å². The van der Waals surface area contributed by atoms with Crippen LogP contribution < -0.4 is 5.32 Å². The summed E-state index contributed by atoms with van der Waals surface area (Å²) >= 11 is 3.36. The Hall–Kier alpha value is -1.40. The summed E-state index contributed by atoms with van der Waals surface area (Å²) in [5.74, 6) is -0.771. The van der Waals surface area contributed by atoms with Gasteiger partial charge in [0.25, 0.3) is 0 Å². The van der Waals surface area contributed by atoms with Gasteiger partial charge in [-0.15, -0.1) is 0 Å². The molecule has 0 aromatic heterocycles. The maximum Gasteiger partial charge on any atom is 0.328 e. The van der Waals surface area contributed by atoms with Crippen LogP contribution in [0.3, 0.4) is 0 Å². The Morgan fingerprint density at radius 2 is 2.14 bits per heavy atom. The maximum absolute atomic E-state index is 12.1. The van der Waals surface area contributed by atoms with Crippen molar-refractivity contribution in [3.8, 4) is 0 Å². The minimum Gasteiger partial charge on any atom is -0.467 e. The van der Waals surface area contributed by atoms with Crippen molar-refractivity contribution in [3.63, 3.8) is 0 Å². The van der Waals surface area contributed by atoms with E-state index in [0.29, 0.717) is 26.1 Å². The second-order valence-corrected chi connectivity index (χ2v) is 5.89. The number of hydrogen-bond donors (Lipinski definition) is 1. The van der Waals surface area contributed by atoms with Gasteiger partial charge in [0.2, 0.25) is 5.91 Å². The fraction of sp³-hybridized carbons (Fsp3) is 0.467. The first-order valence-electron chi connectivity index (χ1n) is 6.80. The molecule has 1 heterocycles. The number of carbonyl (C=O) groups is 2. The maximum atomic E-state index is 12.1. The second kappa shape index (κ2) is 7.56. The molecule has 1 amide bonds. The molecule has 1 N–H and O–H groups in total. The van der Waals surface area contributed by atoms with Crippen molar-refractivity contribution in [3.05, 3.63) is 34.3 Å². The Balaban J connectivity index is 2.01. The van der Waals surface area contributed by atoms with Gasteiger partial charge in [-0.25, -0.2) is 4.79 Å². The van der Waals surface area contributed by atoms with Crippen LogP contribution in [0.4, 0.5) is 0 Å². The Kier molecular flexibility index (Phi) is 5.76. The molecule has 1 aliphatic rings. The monoisotopic (exact) mass is 355 g/mol. The Morgan fingerprint density at radius 3 is 2.71 bits per heavy atom. The summed E-state index contributed by atoms with van der Waals surface area (Å²) in [6, 6.07) is 6.94. The topological polar surface area (TPSA) is 64.6 Å². The third-order valence-corrected chi connectivity index (χ3v) is 3.98. The van der Waals surface area contributed by atoms with E-state index in [2.05, 4.69) is 21.2 Å². The van der Waals surface area contributed by atoms with E-state index in [-0.39, 0.29) is 11.8 Å². The predicted octanol–water partition coefficient (Wildman–Crippen LogP) is 1.69. The normalized spacial score (nSPS) is 19.0. The van der Waals surface area contributed by atoms with Crippen LogP contribution in [0.2, 0.25) is 0 Å². The quantitative estimate of drug-likeness (QED) is 0.816. The summed E-state index contributed by atoms with van der Waals surface area (Å²) < 4.78 is 10.9. The summed E-state index contributed by atoms with van der Waals surface area (Å²) in [7, 11) is 1.32. The zero-order valence-corrected chi connectivity index (χ0v) is 13.4. The van der Waals surface area contributed by atoms with E-state index in [4.69, 9.17) is 9.47 Å². The van der Waals surface area contributed by atoms with E-state index in [1.54, 1.807) is 0 Å². The van der Waals surface area contributed by atoms with E-state index in [1.807, 2.05) is 24.3 Å². The first kappa shape index (κ1) is 16.0. The van der Waals surface area contributed by atoms with Gasteiger partial charge in [0.05, 0.1) is 19.6 Å². The van der Waals surface area contributed by atoms with Crippen molar-refractivity contribution in [1.82, 2.24) is 5.32 Å². The molecular weight excluding hydrogens is 338 g/mol. The Bertz CT molecular complexity index is 497. The van der Waals surface area contributed by atoms with Gasteiger partial charge in [-0.2, -0.15) is 0 Å². The molecule has 0 bridgehead atoms. The highest BCUT2D eigenvalue weighted by atomic mass is 79.9. The van der Waals surface area contributed by atoms with Crippen LogP contribution >= 0.6 is 15.9 Å². The van der Waals surface area contributed by atoms with E-state index >= 15 is 0 Å². The van der Waals surface area contributed by atoms with Gasteiger partial charge >= 0.3 is 5.97 Å². The van der Waals surface area contributed by atoms with E-state index < -0.39 is 12.0 Å². The number of carbonyl (C=O) groups excluding carboxylic acids is 2. The van der Waals surface area contributed by atoms with Gasteiger partial charge in [-0.05, 0) is 24.1 Å². The number of methoxy groups -OCH3 is 1. The largest absolute Gasteiger partial charge is 0.467 e. The summed E-state index contributed by atoms with van der Waals surface area (Å²) in [5, 5.41) is 2.77. The van der Waals surface area contributed by atoms with Crippen molar-refractivity contribution in [1.29, 1.82) is 0 Å². The highest BCUT2D eigenvalue weighted by Gasteiger charge is 2.28. The molecule has 0 aliphatic carbocycles. The molecule has 0 saturated carbocycles. The number of hydrogen-bond acceptors (Lipinski definition) is 4. The second-order valence-electron chi connectivity index (χ2n) is 4.98. The Morgan fingerprint density at radius 1 is 1.43 bits per heavy atom. The minimum absolute atomic E-state index is 0.153. The van der Waals surface area contributed by atoms with Crippen molar-refractivity contribution < 1.29 is 19.1 Å². The van der Waals surface area contributed by atoms with Crippen molar-refractivity contribution >= 4 is 27.8 Å². The lowest BCUT2D eigenvalue weighted by Gasteiger charge is -2.18. The molecule has 1 aliphatic heterocycles. The molecule has 0 spiro atoms. The lowest BCUT2D eigenvalue weighted by Crippen LogP contribution is -2.45. The third kappa shape index (κ3) is 4.54. The molecule has 0 radical (unpaired) electrons. The Labute approximate surface area is 132 Å². The first-order valence-corrected chi connectivity index (χ1v) is 7.60. The number of halogens is 1. The van der Waals surface area contributed by atoms with E-state index in [1.165, 1.54) is 7.11 Å². The van der Waals surface area contributed by atoms with Crippen LogP contribution in [-0.2, 0) is 25.5 Å². The summed E-state index contributed by atoms with van der Waals surface area (Å²) in [4.78, 5) is 24.0. The standard InChI is InChI=1S/C15H18BrNO4/c1-20-15(19)13(8-10-2-4-12(16)5-3-10)17-14(18)11-6-7-21-9-11/h2-5,11,13H,6-9H2,1H3,(H,17,18)/t11-,13-/m1/s1. The van der Waals surface area contributed by atoms with Crippen LogP contribution in [0, 0.1) is 5.92 Å². The van der Waals surface area contributed by atoms with Gasteiger partial charge in [0.1, 0.15) is 6.04 Å². The summed E-state index contributed by atoms with van der Waals surface area (Å²) in [6.45, 7) is 1.01. The lowest BCUT2D eigenvalue weighted by molar-refractivity contribution is -0.145. The molecule has 6 heteroatoms. The molecule has 114 valence electrons. The third-order valence-electron chi connectivity index (χ3n) is 3.46. The predicted molar refractivity (Wildman–Crippen MR) is 80.7 cm³/mol. The van der Waals surface area contributed by atoms with Gasteiger partial charge in [0, 0.05) is 17.5 Å². The molecule has 21 heavy (non-hydrogen) atoms. The smallest absolute Gasteiger partial charge is 0.328 e. The molecular formula is C15H18BrNO4. The van der Waals surface area contributed by atoms with Crippen LogP contribution in [0.5, 0.6) is 0 Å². The van der Waals surface area contributed by atoms with Crippen LogP contribution in [0.1, 0.15) is 12.0 Å². The number of ether oxygens (including phenoxy) is 2. The van der Waals surface area contributed by atoms with E-state index in [9.17, 15) is 9.59 Å². The molecule has 1 saturated heterocycles. The molecule has 1 fully saturated rings. The van der Waals surface area contributed by atoms with Crippen molar-refractivity contribution in [2.45, 2.75) is 18.9 Å². The average molecular weight is 356 g/mol. The minimum atomic E-state index is -0.677. The highest BCUT2D eigenvalue weighted by molar-refractivity contribution is 9.10.